The van der Waals surface area contributed by atoms with Crippen molar-refractivity contribution in [1.29, 1.82) is 0 Å². The second-order valence-electron chi connectivity index (χ2n) is 4.87. The number of fused-ring (bicyclic) bond motifs is 1. The number of halogens is 1. The summed E-state index contributed by atoms with van der Waals surface area (Å²) >= 11 is 7.69. The normalized spacial score (nSPS) is 11.8. The standard InChI is InChI=1S/C16H14ClN3O3S/c1-9-18-16-20(19-9)13(10-6-4-5-7-12(10)17)14(24-16)11(8-22-2)15(21)23-3/h4-8H,1-3H3/b11-8+. The molecule has 1 aromatic carbocycles. The summed E-state index contributed by atoms with van der Waals surface area (Å²) in [7, 11) is 2.79. The Kier molecular flexibility index (Phi) is 4.55. The number of thiazole rings is 1. The van der Waals surface area contributed by atoms with Gasteiger partial charge in [-0.05, 0) is 13.0 Å². The summed E-state index contributed by atoms with van der Waals surface area (Å²) in [5, 5.41) is 4.97. The van der Waals surface area contributed by atoms with Crippen LogP contribution in [0, 0.1) is 6.92 Å². The molecule has 0 N–H and O–H groups in total. The molecule has 0 aliphatic heterocycles. The van der Waals surface area contributed by atoms with Gasteiger partial charge in [-0.2, -0.15) is 5.10 Å². The van der Waals surface area contributed by atoms with Gasteiger partial charge in [-0.3, -0.25) is 0 Å². The monoisotopic (exact) mass is 363 g/mol. The Bertz CT molecular complexity index is 945. The van der Waals surface area contributed by atoms with Crippen molar-refractivity contribution in [2.24, 2.45) is 0 Å². The van der Waals surface area contributed by atoms with Crippen LogP contribution in [0.25, 0.3) is 21.8 Å². The summed E-state index contributed by atoms with van der Waals surface area (Å²) in [6, 6.07) is 7.36. The Hall–Kier alpha value is -2.38. The first-order chi connectivity index (χ1) is 11.6. The molecule has 24 heavy (non-hydrogen) atoms. The first kappa shape index (κ1) is 16.5. The third-order valence-corrected chi connectivity index (χ3v) is 4.71. The highest BCUT2D eigenvalue weighted by molar-refractivity contribution is 7.18. The van der Waals surface area contributed by atoms with Crippen LogP contribution in [0.2, 0.25) is 5.02 Å². The smallest absolute Gasteiger partial charge is 0.342 e. The number of benzene rings is 1. The van der Waals surface area contributed by atoms with Crippen molar-refractivity contribution in [3.05, 3.63) is 46.3 Å². The van der Waals surface area contributed by atoms with E-state index in [1.165, 1.54) is 31.8 Å². The fraction of sp³-hybridized carbons (Fsp3) is 0.188. The molecular formula is C16H14ClN3O3S. The number of esters is 1. The van der Waals surface area contributed by atoms with Crippen LogP contribution in [-0.2, 0) is 14.3 Å². The van der Waals surface area contributed by atoms with Gasteiger partial charge in [-0.15, -0.1) is 0 Å². The van der Waals surface area contributed by atoms with Gasteiger partial charge in [-0.1, -0.05) is 41.1 Å². The molecule has 0 saturated heterocycles. The summed E-state index contributed by atoms with van der Waals surface area (Å²) in [6.45, 7) is 1.81. The van der Waals surface area contributed by atoms with E-state index in [2.05, 4.69) is 10.1 Å². The maximum absolute atomic E-state index is 12.2. The highest BCUT2D eigenvalue weighted by Gasteiger charge is 2.26. The quantitative estimate of drug-likeness (QED) is 0.402. The molecule has 124 valence electrons. The number of aromatic nitrogens is 3. The van der Waals surface area contributed by atoms with Gasteiger partial charge in [0.15, 0.2) is 0 Å². The zero-order chi connectivity index (χ0) is 17.3. The third kappa shape index (κ3) is 2.76. The van der Waals surface area contributed by atoms with Gasteiger partial charge in [0.05, 0.1) is 36.1 Å². The van der Waals surface area contributed by atoms with Gasteiger partial charge >= 0.3 is 5.97 Å². The Balaban J connectivity index is 2.35. The summed E-state index contributed by atoms with van der Waals surface area (Å²) in [4.78, 5) is 17.9. The number of methoxy groups -OCH3 is 2. The average Bonchev–Trinajstić information content (AvgIpc) is 3.08. The number of aryl methyl sites for hydroxylation is 1. The van der Waals surface area contributed by atoms with Crippen molar-refractivity contribution < 1.29 is 14.3 Å². The zero-order valence-corrected chi connectivity index (χ0v) is 14.8. The minimum absolute atomic E-state index is 0.282. The van der Waals surface area contributed by atoms with Crippen molar-refractivity contribution >= 4 is 39.4 Å². The van der Waals surface area contributed by atoms with E-state index >= 15 is 0 Å². The molecule has 3 aromatic rings. The molecule has 0 aliphatic carbocycles. The highest BCUT2D eigenvalue weighted by atomic mass is 35.5. The van der Waals surface area contributed by atoms with Crippen molar-refractivity contribution in [1.82, 2.24) is 14.6 Å². The minimum atomic E-state index is -0.508. The lowest BCUT2D eigenvalue weighted by Crippen LogP contribution is -2.05. The van der Waals surface area contributed by atoms with Crippen LogP contribution in [0.3, 0.4) is 0 Å². The van der Waals surface area contributed by atoms with Gasteiger partial charge in [0.25, 0.3) is 0 Å². The van der Waals surface area contributed by atoms with Gasteiger partial charge in [0, 0.05) is 5.56 Å². The Morgan fingerprint density at radius 1 is 1.33 bits per heavy atom. The highest BCUT2D eigenvalue weighted by Crippen LogP contribution is 2.39. The second-order valence-corrected chi connectivity index (χ2v) is 6.26. The van der Waals surface area contributed by atoms with Crippen molar-refractivity contribution in [2.45, 2.75) is 6.92 Å². The number of hydrogen-bond acceptors (Lipinski definition) is 6. The number of hydrogen-bond donors (Lipinski definition) is 0. The van der Waals surface area contributed by atoms with Crippen molar-refractivity contribution in [3.63, 3.8) is 0 Å². The predicted octanol–water partition coefficient (Wildman–Crippen LogP) is 3.58. The largest absolute Gasteiger partial charge is 0.503 e. The van der Waals surface area contributed by atoms with Crippen LogP contribution in [-0.4, -0.2) is 34.8 Å². The maximum Gasteiger partial charge on any atom is 0.342 e. The molecule has 0 amide bonds. The van der Waals surface area contributed by atoms with Crippen LogP contribution >= 0.6 is 22.9 Å². The molecule has 0 unspecified atom stereocenters. The molecule has 0 atom stereocenters. The van der Waals surface area contributed by atoms with Crippen LogP contribution < -0.4 is 0 Å². The van der Waals surface area contributed by atoms with E-state index in [1.807, 2.05) is 25.1 Å². The number of carbonyl (C=O) groups is 1. The summed E-state index contributed by atoms with van der Waals surface area (Å²) in [5.74, 6) is 0.128. The predicted molar refractivity (Wildman–Crippen MR) is 93.0 cm³/mol. The average molecular weight is 364 g/mol. The van der Waals surface area contributed by atoms with E-state index in [-0.39, 0.29) is 5.57 Å². The Morgan fingerprint density at radius 2 is 2.08 bits per heavy atom. The molecule has 0 bridgehead atoms. The molecule has 0 fully saturated rings. The molecule has 2 heterocycles. The first-order valence-corrected chi connectivity index (χ1v) is 8.19. The van der Waals surface area contributed by atoms with E-state index in [1.54, 1.807) is 10.6 Å². The first-order valence-electron chi connectivity index (χ1n) is 6.99. The molecular weight excluding hydrogens is 350 g/mol. The van der Waals surface area contributed by atoms with E-state index in [9.17, 15) is 4.79 Å². The zero-order valence-electron chi connectivity index (χ0n) is 13.2. The number of nitrogens with zero attached hydrogens (tertiary/aromatic N) is 3. The van der Waals surface area contributed by atoms with Gasteiger partial charge in [0.1, 0.15) is 11.4 Å². The molecule has 3 rings (SSSR count). The fourth-order valence-electron chi connectivity index (χ4n) is 2.34. The number of carbonyl (C=O) groups excluding carboxylic acids is 1. The maximum atomic E-state index is 12.2. The molecule has 0 aliphatic rings. The minimum Gasteiger partial charge on any atom is -0.503 e. The van der Waals surface area contributed by atoms with E-state index < -0.39 is 5.97 Å². The molecule has 6 nitrogen and oxygen atoms in total. The van der Waals surface area contributed by atoms with Crippen LogP contribution in [0.15, 0.2) is 30.5 Å². The second kappa shape index (κ2) is 6.62. The topological polar surface area (TPSA) is 65.7 Å². The fourth-order valence-corrected chi connectivity index (χ4v) is 3.68. The third-order valence-electron chi connectivity index (χ3n) is 3.32. The molecule has 8 heteroatoms. The van der Waals surface area contributed by atoms with Crippen LogP contribution in [0.1, 0.15) is 10.7 Å². The number of rotatable bonds is 4. The lowest BCUT2D eigenvalue weighted by atomic mass is 10.1. The molecule has 0 radical (unpaired) electrons. The van der Waals surface area contributed by atoms with Gasteiger partial charge in [0.2, 0.25) is 4.96 Å². The summed E-state index contributed by atoms with van der Waals surface area (Å²) in [6.07, 6.45) is 1.35. The summed E-state index contributed by atoms with van der Waals surface area (Å²) in [5.41, 5.74) is 1.70. The van der Waals surface area contributed by atoms with E-state index in [4.69, 9.17) is 21.1 Å². The van der Waals surface area contributed by atoms with Crippen LogP contribution in [0.5, 0.6) is 0 Å². The SMILES string of the molecule is CO/C=C(/C(=O)OC)c1sc2nc(C)nn2c1-c1ccccc1Cl. The molecule has 2 aromatic heterocycles. The van der Waals surface area contributed by atoms with Crippen LogP contribution in [0.4, 0.5) is 0 Å². The van der Waals surface area contributed by atoms with Crippen molar-refractivity contribution in [2.75, 3.05) is 14.2 Å². The Morgan fingerprint density at radius 3 is 2.75 bits per heavy atom. The number of ether oxygens (including phenoxy) is 2. The van der Waals surface area contributed by atoms with Gasteiger partial charge in [-0.25, -0.2) is 14.3 Å². The summed E-state index contributed by atoms with van der Waals surface area (Å²) < 4.78 is 11.6. The van der Waals surface area contributed by atoms with Crippen molar-refractivity contribution in [3.8, 4) is 11.3 Å². The van der Waals surface area contributed by atoms with Gasteiger partial charge < -0.3 is 9.47 Å². The van der Waals surface area contributed by atoms with E-state index in [0.29, 0.717) is 26.4 Å². The Labute approximate surface area is 147 Å². The molecule has 0 saturated carbocycles. The van der Waals surface area contributed by atoms with E-state index in [0.717, 1.165) is 5.56 Å². The molecule has 0 spiro atoms. The lowest BCUT2D eigenvalue weighted by molar-refractivity contribution is -0.133. The lowest BCUT2D eigenvalue weighted by Gasteiger charge is -2.08.